The van der Waals surface area contributed by atoms with E-state index in [4.69, 9.17) is 4.74 Å². The van der Waals surface area contributed by atoms with Crippen molar-refractivity contribution in [3.05, 3.63) is 59.9 Å². The molecule has 0 aliphatic carbocycles. The van der Waals surface area contributed by atoms with E-state index in [0.717, 1.165) is 5.75 Å². The lowest BCUT2D eigenvalue weighted by molar-refractivity contribution is 0.247. The number of hydrogen-bond donors (Lipinski definition) is 2. The van der Waals surface area contributed by atoms with Crippen molar-refractivity contribution < 1.29 is 13.9 Å². The lowest BCUT2D eigenvalue weighted by Gasteiger charge is -2.19. The molecule has 0 saturated heterocycles. The third-order valence-electron chi connectivity index (χ3n) is 3.48. The highest BCUT2D eigenvalue weighted by Crippen LogP contribution is 2.24. The maximum atomic E-state index is 12.8. The fraction of sp³-hybridized carbons (Fsp3) is 0.316. The number of benzene rings is 2. The molecule has 0 atom stereocenters. The molecule has 4 nitrogen and oxygen atoms in total. The predicted octanol–water partition coefficient (Wildman–Crippen LogP) is 4.32. The summed E-state index contributed by atoms with van der Waals surface area (Å²) in [5.41, 5.74) is 1.89. The van der Waals surface area contributed by atoms with Gasteiger partial charge in [-0.3, -0.25) is 0 Å². The van der Waals surface area contributed by atoms with Gasteiger partial charge in [0.1, 0.15) is 18.2 Å². The van der Waals surface area contributed by atoms with Gasteiger partial charge in [-0.1, -0.05) is 32.9 Å². The summed E-state index contributed by atoms with van der Waals surface area (Å²) in [6.07, 6.45) is 0. The summed E-state index contributed by atoms with van der Waals surface area (Å²) in [7, 11) is 0. The number of carbonyl (C=O) groups is 1. The number of halogens is 1. The van der Waals surface area contributed by atoms with E-state index >= 15 is 0 Å². The molecule has 0 radical (unpaired) electrons. The van der Waals surface area contributed by atoms with Crippen LogP contribution < -0.4 is 15.4 Å². The van der Waals surface area contributed by atoms with Crippen molar-refractivity contribution >= 4 is 11.7 Å². The first-order valence-electron chi connectivity index (χ1n) is 7.88. The Balaban J connectivity index is 1.70. The molecule has 0 aromatic heterocycles. The van der Waals surface area contributed by atoms with Gasteiger partial charge in [-0.15, -0.1) is 0 Å². The SMILES string of the molecule is CC(C)(C)c1ccc(OCCNC(=O)Nc2ccc(F)cc2)cc1. The van der Waals surface area contributed by atoms with Gasteiger partial charge in [0.15, 0.2) is 0 Å². The molecule has 0 saturated carbocycles. The molecule has 5 heteroatoms. The first kappa shape index (κ1) is 17.8. The van der Waals surface area contributed by atoms with Crippen LogP contribution in [0.5, 0.6) is 5.75 Å². The zero-order valence-electron chi connectivity index (χ0n) is 14.2. The van der Waals surface area contributed by atoms with E-state index in [2.05, 4.69) is 31.4 Å². The van der Waals surface area contributed by atoms with E-state index in [1.165, 1.54) is 29.8 Å². The van der Waals surface area contributed by atoms with Gasteiger partial charge >= 0.3 is 6.03 Å². The highest BCUT2D eigenvalue weighted by molar-refractivity contribution is 5.89. The van der Waals surface area contributed by atoms with Crippen LogP contribution in [0.3, 0.4) is 0 Å². The van der Waals surface area contributed by atoms with Crippen LogP contribution in [0, 0.1) is 5.82 Å². The second kappa shape index (κ2) is 7.81. The second-order valence-electron chi connectivity index (χ2n) is 6.51. The third-order valence-corrected chi connectivity index (χ3v) is 3.48. The van der Waals surface area contributed by atoms with Crippen molar-refractivity contribution in [3.8, 4) is 5.75 Å². The standard InChI is InChI=1S/C19H23FN2O2/c1-19(2,3)14-4-10-17(11-5-14)24-13-12-21-18(23)22-16-8-6-15(20)7-9-16/h4-11H,12-13H2,1-3H3,(H2,21,22,23). The number of amides is 2. The lowest BCUT2D eigenvalue weighted by atomic mass is 9.87. The molecule has 2 amide bonds. The summed E-state index contributed by atoms with van der Waals surface area (Å²) in [5, 5.41) is 5.30. The van der Waals surface area contributed by atoms with Crippen LogP contribution in [0.4, 0.5) is 14.9 Å². The highest BCUT2D eigenvalue weighted by atomic mass is 19.1. The van der Waals surface area contributed by atoms with Crippen molar-refractivity contribution in [2.24, 2.45) is 0 Å². The average Bonchev–Trinajstić information content (AvgIpc) is 2.53. The summed E-state index contributed by atoms with van der Waals surface area (Å²) in [4.78, 5) is 11.7. The summed E-state index contributed by atoms with van der Waals surface area (Å²) in [6.45, 7) is 7.21. The zero-order chi connectivity index (χ0) is 17.6. The van der Waals surface area contributed by atoms with E-state index in [0.29, 0.717) is 18.8 Å². The van der Waals surface area contributed by atoms with Crippen molar-refractivity contribution in [2.75, 3.05) is 18.5 Å². The van der Waals surface area contributed by atoms with Crippen LogP contribution in [0.1, 0.15) is 26.3 Å². The van der Waals surface area contributed by atoms with E-state index in [-0.39, 0.29) is 17.3 Å². The minimum absolute atomic E-state index is 0.110. The molecule has 2 rings (SSSR count). The minimum Gasteiger partial charge on any atom is -0.492 e. The molecule has 0 aliphatic rings. The molecule has 2 N–H and O–H groups in total. The molecule has 0 fully saturated rings. The molecular formula is C19H23FN2O2. The smallest absolute Gasteiger partial charge is 0.319 e. The van der Waals surface area contributed by atoms with Crippen molar-refractivity contribution in [2.45, 2.75) is 26.2 Å². The number of urea groups is 1. The fourth-order valence-corrected chi connectivity index (χ4v) is 2.09. The van der Waals surface area contributed by atoms with Crippen molar-refractivity contribution in [1.29, 1.82) is 0 Å². The third kappa shape index (κ3) is 5.57. The van der Waals surface area contributed by atoms with Gasteiger partial charge in [0.2, 0.25) is 0 Å². The Bertz CT molecular complexity index is 661. The first-order valence-corrected chi connectivity index (χ1v) is 7.88. The molecule has 128 valence electrons. The van der Waals surface area contributed by atoms with Gasteiger partial charge in [-0.2, -0.15) is 0 Å². The topological polar surface area (TPSA) is 50.4 Å². The monoisotopic (exact) mass is 330 g/mol. The molecule has 0 spiro atoms. The number of rotatable bonds is 5. The Labute approximate surface area is 142 Å². The van der Waals surface area contributed by atoms with E-state index in [1.54, 1.807) is 0 Å². The molecule has 0 heterocycles. The Morgan fingerprint density at radius 1 is 1.04 bits per heavy atom. The number of hydrogen-bond acceptors (Lipinski definition) is 2. The van der Waals surface area contributed by atoms with Gasteiger partial charge in [0, 0.05) is 5.69 Å². The van der Waals surface area contributed by atoms with E-state index < -0.39 is 0 Å². The zero-order valence-corrected chi connectivity index (χ0v) is 14.2. The lowest BCUT2D eigenvalue weighted by Crippen LogP contribution is -2.32. The van der Waals surface area contributed by atoms with E-state index in [1.807, 2.05) is 24.3 Å². The van der Waals surface area contributed by atoms with Crippen LogP contribution in [-0.2, 0) is 5.41 Å². The fourth-order valence-electron chi connectivity index (χ4n) is 2.09. The van der Waals surface area contributed by atoms with E-state index in [9.17, 15) is 9.18 Å². The van der Waals surface area contributed by atoms with Crippen LogP contribution >= 0.6 is 0 Å². The molecule has 0 unspecified atom stereocenters. The number of carbonyl (C=O) groups excluding carboxylic acids is 1. The average molecular weight is 330 g/mol. The largest absolute Gasteiger partial charge is 0.492 e. The Morgan fingerprint density at radius 3 is 2.25 bits per heavy atom. The molecule has 0 bridgehead atoms. The van der Waals surface area contributed by atoms with Gasteiger partial charge in [0.25, 0.3) is 0 Å². The summed E-state index contributed by atoms with van der Waals surface area (Å²) in [6, 6.07) is 13.2. The highest BCUT2D eigenvalue weighted by Gasteiger charge is 2.12. The predicted molar refractivity (Wildman–Crippen MR) is 94.1 cm³/mol. The summed E-state index contributed by atoms with van der Waals surface area (Å²) >= 11 is 0. The van der Waals surface area contributed by atoms with Gasteiger partial charge in [-0.05, 0) is 47.4 Å². The Hall–Kier alpha value is -2.56. The summed E-state index contributed by atoms with van der Waals surface area (Å²) < 4.78 is 18.4. The minimum atomic E-state index is -0.353. The Kier molecular flexibility index (Phi) is 5.79. The first-order chi connectivity index (χ1) is 11.3. The van der Waals surface area contributed by atoms with Crippen LogP contribution in [0.15, 0.2) is 48.5 Å². The van der Waals surface area contributed by atoms with Gasteiger partial charge in [0.05, 0.1) is 6.54 Å². The second-order valence-corrected chi connectivity index (χ2v) is 6.51. The maximum Gasteiger partial charge on any atom is 0.319 e. The molecule has 2 aromatic rings. The number of nitrogens with one attached hydrogen (secondary N) is 2. The Morgan fingerprint density at radius 2 is 1.67 bits per heavy atom. The van der Waals surface area contributed by atoms with Gasteiger partial charge in [-0.25, -0.2) is 9.18 Å². The maximum absolute atomic E-state index is 12.8. The van der Waals surface area contributed by atoms with Crippen molar-refractivity contribution in [1.82, 2.24) is 5.32 Å². The van der Waals surface area contributed by atoms with Crippen molar-refractivity contribution in [3.63, 3.8) is 0 Å². The molecule has 24 heavy (non-hydrogen) atoms. The molecule has 2 aromatic carbocycles. The quantitative estimate of drug-likeness (QED) is 0.802. The van der Waals surface area contributed by atoms with Gasteiger partial charge < -0.3 is 15.4 Å². The van der Waals surface area contributed by atoms with Crippen LogP contribution in [-0.4, -0.2) is 19.2 Å². The number of anilines is 1. The normalized spacial score (nSPS) is 11.0. The molecular weight excluding hydrogens is 307 g/mol. The number of ether oxygens (including phenoxy) is 1. The van der Waals surface area contributed by atoms with Crippen LogP contribution in [0.2, 0.25) is 0 Å². The summed E-state index contributed by atoms with van der Waals surface area (Å²) in [5.74, 6) is 0.426. The molecule has 0 aliphatic heterocycles. The van der Waals surface area contributed by atoms with Crippen LogP contribution in [0.25, 0.3) is 0 Å².